The van der Waals surface area contributed by atoms with Crippen LogP contribution in [0.4, 0.5) is 0 Å². The first-order chi connectivity index (χ1) is 13.0. The minimum Gasteiger partial charge on any atom is -0.454 e. The molecule has 4 rings (SSSR count). The average Bonchev–Trinajstić information content (AvgIpc) is 3.21. The Morgan fingerprint density at radius 3 is 2.85 bits per heavy atom. The number of rotatable bonds is 6. The van der Waals surface area contributed by atoms with Crippen LogP contribution in [-0.4, -0.2) is 26.3 Å². The highest BCUT2D eigenvalue weighted by atomic mass is 127. The molecule has 2 aromatic heterocycles. The molecular formula is C19H21IN4O3. The number of benzene rings is 1. The Morgan fingerprint density at radius 2 is 2.07 bits per heavy atom. The van der Waals surface area contributed by atoms with Crippen LogP contribution in [0.15, 0.2) is 23.3 Å². The third kappa shape index (κ3) is 3.67. The first-order valence-corrected chi connectivity index (χ1v) is 10.1. The molecule has 3 heterocycles. The Bertz CT molecular complexity index is 1040. The maximum Gasteiger partial charge on any atom is 0.278 e. The maximum atomic E-state index is 12.2. The largest absolute Gasteiger partial charge is 0.454 e. The van der Waals surface area contributed by atoms with Gasteiger partial charge >= 0.3 is 0 Å². The van der Waals surface area contributed by atoms with Gasteiger partial charge in [0, 0.05) is 16.5 Å². The summed E-state index contributed by atoms with van der Waals surface area (Å²) >= 11 is 2.30. The molecule has 0 aliphatic carbocycles. The lowest BCUT2D eigenvalue weighted by atomic mass is 10.1. The number of hydrogen-bond acceptors (Lipinski definition) is 5. The van der Waals surface area contributed by atoms with Crippen molar-refractivity contribution >= 4 is 33.8 Å². The molecule has 0 amide bonds. The van der Waals surface area contributed by atoms with Gasteiger partial charge in [0.15, 0.2) is 22.7 Å². The molecule has 1 aromatic carbocycles. The van der Waals surface area contributed by atoms with E-state index in [9.17, 15) is 4.79 Å². The van der Waals surface area contributed by atoms with E-state index < -0.39 is 0 Å². The van der Waals surface area contributed by atoms with E-state index in [4.69, 9.17) is 9.47 Å². The van der Waals surface area contributed by atoms with Gasteiger partial charge in [-0.05, 0) is 59.0 Å². The van der Waals surface area contributed by atoms with Crippen molar-refractivity contribution in [3.8, 4) is 11.5 Å². The van der Waals surface area contributed by atoms with Crippen molar-refractivity contribution in [2.45, 2.75) is 39.7 Å². The van der Waals surface area contributed by atoms with E-state index in [0.717, 1.165) is 45.8 Å². The van der Waals surface area contributed by atoms with Crippen molar-refractivity contribution in [2.24, 2.45) is 5.92 Å². The van der Waals surface area contributed by atoms with Crippen molar-refractivity contribution in [3.05, 3.63) is 43.8 Å². The summed E-state index contributed by atoms with van der Waals surface area (Å²) in [4.78, 5) is 23.8. The fraction of sp³-hybridized carbons (Fsp3) is 0.421. The topological polar surface area (TPSA) is 82.0 Å². The highest BCUT2D eigenvalue weighted by molar-refractivity contribution is 14.1. The van der Waals surface area contributed by atoms with E-state index in [0.29, 0.717) is 23.5 Å². The summed E-state index contributed by atoms with van der Waals surface area (Å²) in [5.74, 6) is 3.00. The molecule has 0 radical (unpaired) electrons. The minimum atomic E-state index is -0.204. The molecule has 0 saturated carbocycles. The second kappa shape index (κ2) is 7.49. The molecule has 7 nitrogen and oxygen atoms in total. The number of halogens is 1. The van der Waals surface area contributed by atoms with E-state index in [1.807, 2.05) is 12.1 Å². The first kappa shape index (κ1) is 18.3. The molecular weight excluding hydrogens is 459 g/mol. The van der Waals surface area contributed by atoms with Gasteiger partial charge in [-0.15, -0.1) is 0 Å². The number of nitrogens with one attached hydrogen (secondary N) is 1. The lowest BCUT2D eigenvalue weighted by Crippen LogP contribution is -2.09. The lowest BCUT2D eigenvalue weighted by Gasteiger charge is -2.11. The van der Waals surface area contributed by atoms with Gasteiger partial charge in [0.25, 0.3) is 5.56 Å². The fourth-order valence-corrected chi connectivity index (χ4v) is 3.91. The molecule has 0 spiro atoms. The molecule has 0 saturated heterocycles. The van der Waals surface area contributed by atoms with Gasteiger partial charge in [0.05, 0.1) is 6.33 Å². The van der Waals surface area contributed by atoms with Gasteiger partial charge < -0.3 is 19.0 Å². The maximum absolute atomic E-state index is 12.2. The van der Waals surface area contributed by atoms with E-state index in [2.05, 4.69) is 56.0 Å². The number of ether oxygens (including phenoxy) is 2. The van der Waals surface area contributed by atoms with Crippen molar-refractivity contribution in [1.82, 2.24) is 19.5 Å². The summed E-state index contributed by atoms with van der Waals surface area (Å²) in [6.07, 6.45) is 4.18. The standard InChI is InChI=1S/C19H21IN4O3/c1-11(2)4-3-5-24-16(23-17-18(24)21-9-22-19(17)25)7-12-6-14-15(8-13(12)20)27-10-26-14/h6,8-9,11H,3-5,7,10H2,1-2H3,(H,21,22,25). The van der Waals surface area contributed by atoms with Crippen molar-refractivity contribution in [1.29, 1.82) is 0 Å². The summed E-state index contributed by atoms with van der Waals surface area (Å²) < 4.78 is 14.1. The van der Waals surface area contributed by atoms with Crippen molar-refractivity contribution < 1.29 is 9.47 Å². The first-order valence-electron chi connectivity index (χ1n) is 9.03. The molecule has 3 aromatic rings. The zero-order chi connectivity index (χ0) is 19.0. The Kier molecular flexibility index (Phi) is 5.07. The number of H-pyrrole nitrogens is 1. The molecule has 0 fully saturated rings. The Morgan fingerprint density at radius 1 is 1.30 bits per heavy atom. The molecule has 27 heavy (non-hydrogen) atoms. The van der Waals surface area contributed by atoms with Gasteiger partial charge in [-0.25, -0.2) is 9.97 Å². The Hall–Kier alpha value is -2.10. The summed E-state index contributed by atoms with van der Waals surface area (Å²) in [5.41, 5.74) is 1.93. The Balaban J connectivity index is 1.72. The van der Waals surface area contributed by atoms with Gasteiger partial charge in [0.2, 0.25) is 6.79 Å². The normalized spacial score (nSPS) is 13.0. The molecule has 1 N–H and O–H groups in total. The van der Waals surface area contributed by atoms with E-state index in [-0.39, 0.29) is 12.4 Å². The minimum absolute atomic E-state index is 0.204. The molecule has 0 atom stereocenters. The van der Waals surface area contributed by atoms with Crippen LogP contribution < -0.4 is 15.0 Å². The van der Waals surface area contributed by atoms with Crippen LogP contribution in [0.2, 0.25) is 0 Å². The van der Waals surface area contributed by atoms with Crippen LogP contribution in [-0.2, 0) is 13.0 Å². The highest BCUT2D eigenvalue weighted by Gasteiger charge is 2.20. The smallest absolute Gasteiger partial charge is 0.278 e. The zero-order valence-corrected chi connectivity index (χ0v) is 17.4. The number of fused-ring (bicyclic) bond motifs is 2. The van der Waals surface area contributed by atoms with Crippen LogP contribution in [0.5, 0.6) is 11.5 Å². The predicted molar refractivity (Wildman–Crippen MR) is 110 cm³/mol. The van der Waals surface area contributed by atoms with Crippen LogP contribution >= 0.6 is 22.6 Å². The predicted octanol–water partition coefficient (Wildman–Crippen LogP) is 3.48. The zero-order valence-electron chi connectivity index (χ0n) is 15.3. The number of nitrogens with zero attached hydrogens (tertiary/aromatic N) is 3. The molecule has 1 aliphatic heterocycles. The SMILES string of the molecule is CC(C)CCCn1c(Cc2cc3c(cc2I)OCO3)nc2c(=O)[nH]cnc21. The van der Waals surface area contributed by atoms with E-state index >= 15 is 0 Å². The molecule has 8 heteroatoms. The summed E-state index contributed by atoms with van der Waals surface area (Å²) in [5, 5.41) is 0. The third-order valence-electron chi connectivity index (χ3n) is 4.67. The highest BCUT2D eigenvalue weighted by Crippen LogP contribution is 2.36. The molecule has 0 unspecified atom stereocenters. The Labute approximate surface area is 170 Å². The van der Waals surface area contributed by atoms with Gasteiger partial charge in [-0.2, -0.15) is 0 Å². The van der Waals surface area contributed by atoms with Crippen LogP contribution in [0.3, 0.4) is 0 Å². The van der Waals surface area contributed by atoms with Crippen LogP contribution in [0, 0.1) is 9.49 Å². The number of hydrogen-bond donors (Lipinski definition) is 1. The van der Waals surface area contributed by atoms with Gasteiger partial charge in [-0.1, -0.05) is 13.8 Å². The lowest BCUT2D eigenvalue weighted by molar-refractivity contribution is 0.174. The number of imidazole rings is 1. The third-order valence-corrected chi connectivity index (χ3v) is 5.68. The van der Waals surface area contributed by atoms with Crippen molar-refractivity contribution in [3.63, 3.8) is 0 Å². The molecule has 1 aliphatic rings. The number of aryl methyl sites for hydroxylation is 1. The van der Waals surface area contributed by atoms with Crippen LogP contribution in [0.25, 0.3) is 11.2 Å². The molecule has 0 bridgehead atoms. The van der Waals surface area contributed by atoms with E-state index in [1.165, 1.54) is 6.33 Å². The second-order valence-corrected chi connectivity index (χ2v) is 8.26. The quantitative estimate of drug-likeness (QED) is 0.547. The van der Waals surface area contributed by atoms with Gasteiger partial charge in [-0.3, -0.25) is 4.79 Å². The van der Waals surface area contributed by atoms with Gasteiger partial charge in [0.1, 0.15) is 5.82 Å². The number of aromatic nitrogens is 4. The monoisotopic (exact) mass is 480 g/mol. The summed E-state index contributed by atoms with van der Waals surface area (Å²) in [6.45, 7) is 5.47. The second-order valence-electron chi connectivity index (χ2n) is 7.09. The summed E-state index contributed by atoms with van der Waals surface area (Å²) in [6, 6.07) is 3.98. The number of aromatic amines is 1. The van der Waals surface area contributed by atoms with E-state index in [1.54, 1.807) is 0 Å². The average molecular weight is 480 g/mol. The fourth-order valence-electron chi connectivity index (χ4n) is 3.29. The van der Waals surface area contributed by atoms with Crippen molar-refractivity contribution in [2.75, 3.05) is 6.79 Å². The molecule has 142 valence electrons. The summed E-state index contributed by atoms with van der Waals surface area (Å²) in [7, 11) is 0. The van der Waals surface area contributed by atoms with Crippen LogP contribution in [0.1, 0.15) is 38.1 Å².